The van der Waals surface area contributed by atoms with E-state index < -0.39 is 10.0 Å². The van der Waals surface area contributed by atoms with Crippen LogP contribution in [0.2, 0.25) is 0 Å². The van der Waals surface area contributed by atoms with Crippen molar-refractivity contribution in [1.29, 1.82) is 0 Å². The minimum Gasteiger partial charge on any atom is -0.352 e. The van der Waals surface area contributed by atoms with E-state index in [4.69, 9.17) is 0 Å². The van der Waals surface area contributed by atoms with E-state index in [0.29, 0.717) is 17.5 Å². The molecule has 4 saturated carbocycles. The minimum absolute atomic E-state index is 0.100. The van der Waals surface area contributed by atoms with Crippen molar-refractivity contribution in [2.75, 3.05) is 13.1 Å². The van der Waals surface area contributed by atoms with Gasteiger partial charge in [-0.15, -0.1) is 6.58 Å². The quantitative estimate of drug-likeness (QED) is 0.654. The molecular weight excluding hydrogens is 372 g/mol. The molecule has 6 heteroatoms. The van der Waals surface area contributed by atoms with Gasteiger partial charge in [-0.1, -0.05) is 12.1 Å². The zero-order valence-corrected chi connectivity index (χ0v) is 17.1. The smallest absolute Gasteiger partial charge is 0.251 e. The molecule has 152 valence electrons. The predicted molar refractivity (Wildman–Crippen MR) is 109 cm³/mol. The van der Waals surface area contributed by atoms with Crippen LogP contribution in [0.15, 0.2) is 41.8 Å². The van der Waals surface area contributed by atoms with E-state index in [-0.39, 0.29) is 17.3 Å². The maximum Gasteiger partial charge on any atom is 0.251 e. The fraction of sp³-hybridized carbons (Fsp3) is 0.591. The van der Waals surface area contributed by atoms with Gasteiger partial charge in [-0.2, -0.15) is 0 Å². The van der Waals surface area contributed by atoms with Gasteiger partial charge in [-0.3, -0.25) is 4.79 Å². The molecule has 4 fully saturated rings. The van der Waals surface area contributed by atoms with Gasteiger partial charge in [0, 0.05) is 18.7 Å². The van der Waals surface area contributed by atoms with Gasteiger partial charge >= 0.3 is 0 Å². The number of sulfonamides is 1. The molecule has 0 atom stereocenters. The van der Waals surface area contributed by atoms with Crippen LogP contribution >= 0.6 is 0 Å². The fourth-order valence-electron chi connectivity index (χ4n) is 6.20. The average molecular weight is 403 g/mol. The molecule has 5 rings (SSSR count). The van der Waals surface area contributed by atoms with Crippen LogP contribution in [0.1, 0.15) is 55.3 Å². The summed E-state index contributed by atoms with van der Waals surface area (Å²) in [5.74, 6) is 2.52. The van der Waals surface area contributed by atoms with E-state index >= 15 is 0 Å². The van der Waals surface area contributed by atoms with Gasteiger partial charge in [0.2, 0.25) is 10.0 Å². The maximum atomic E-state index is 12.6. The molecule has 0 spiro atoms. The lowest BCUT2D eigenvalue weighted by Crippen LogP contribution is -2.47. The van der Waals surface area contributed by atoms with Crippen LogP contribution < -0.4 is 10.0 Å². The zero-order chi connectivity index (χ0) is 19.8. The van der Waals surface area contributed by atoms with Crippen molar-refractivity contribution in [2.45, 2.75) is 49.8 Å². The first-order chi connectivity index (χ1) is 13.4. The molecule has 0 unspecified atom stereocenters. The summed E-state index contributed by atoms with van der Waals surface area (Å²) in [7, 11) is -3.63. The van der Waals surface area contributed by atoms with E-state index in [1.54, 1.807) is 12.1 Å². The SMILES string of the molecule is C=CCNS(=O)(=O)c1cccc(C(=O)NCCC23CC4CC(CC(C4)C2)C3)c1. The second-order valence-electron chi connectivity index (χ2n) is 9.09. The highest BCUT2D eigenvalue weighted by molar-refractivity contribution is 7.89. The summed E-state index contributed by atoms with van der Waals surface area (Å²) in [6.45, 7) is 4.33. The Bertz CT molecular complexity index is 827. The van der Waals surface area contributed by atoms with Crippen LogP contribution in [0.5, 0.6) is 0 Å². The lowest BCUT2D eigenvalue weighted by Gasteiger charge is -2.57. The predicted octanol–water partition coefficient (Wildman–Crippen LogP) is 3.49. The van der Waals surface area contributed by atoms with Crippen LogP contribution in [0, 0.1) is 23.2 Å². The van der Waals surface area contributed by atoms with Crippen molar-refractivity contribution in [3.05, 3.63) is 42.5 Å². The van der Waals surface area contributed by atoms with Gasteiger partial charge in [0.05, 0.1) is 4.90 Å². The molecule has 4 aliphatic rings. The van der Waals surface area contributed by atoms with Crippen LogP contribution in [0.4, 0.5) is 0 Å². The summed E-state index contributed by atoms with van der Waals surface area (Å²) in [6.07, 6.45) is 10.8. The Morgan fingerprint density at radius 1 is 1.14 bits per heavy atom. The molecule has 4 bridgehead atoms. The Labute approximate surface area is 168 Å². The molecule has 0 heterocycles. The van der Waals surface area contributed by atoms with Gasteiger partial charge in [-0.05, 0) is 86.3 Å². The summed E-state index contributed by atoms with van der Waals surface area (Å²) in [5, 5.41) is 3.03. The van der Waals surface area contributed by atoms with Crippen molar-refractivity contribution in [3.63, 3.8) is 0 Å². The van der Waals surface area contributed by atoms with Crippen LogP contribution in [-0.2, 0) is 10.0 Å². The number of hydrogen-bond acceptors (Lipinski definition) is 3. The summed E-state index contributed by atoms with van der Waals surface area (Å²) in [4.78, 5) is 12.7. The van der Waals surface area contributed by atoms with Crippen LogP contribution in [-0.4, -0.2) is 27.4 Å². The summed E-state index contributed by atoms with van der Waals surface area (Å²) in [6, 6.07) is 6.20. The Morgan fingerprint density at radius 3 is 2.39 bits per heavy atom. The molecule has 2 N–H and O–H groups in total. The van der Waals surface area contributed by atoms with E-state index in [9.17, 15) is 13.2 Å². The van der Waals surface area contributed by atoms with Crippen molar-refractivity contribution in [2.24, 2.45) is 23.2 Å². The van der Waals surface area contributed by atoms with E-state index in [0.717, 1.165) is 24.2 Å². The maximum absolute atomic E-state index is 12.6. The van der Waals surface area contributed by atoms with Crippen molar-refractivity contribution < 1.29 is 13.2 Å². The monoisotopic (exact) mass is 402 g/mol. The first kappa shape index (κ1) is 19.6. The Kier molecular flexibility index (Phi) is 5.36. The number of nitrogens with one attached hydrogen (secondary N) is 2. The summed E-state index contributed by atoms with van der Waals surface area (Å²) < 4.78 is 26.9. The second kappa shape index (κ2) is 7.64. The third kappa shape index (κ3) is 4.03. The zero-order valence-electron chi connectivity index (χ0n) is 16.3. The van der Waals surface area contributed by atoms with E-state index in [1.165, 1.54) is 56.7 Å². The average Bonchev–Trinajstić information content (AvgIpc) is 2.65. The molecule has 0 aliphatic heterocycles. The van der Waals surface area contributed by atoms with Crippen molar-refractivity contribution >= 4 is 15.9 Å². The number of hydrogen-bond donors (Lipinski definition) is 2. The molecule has 4 aliphatic carbocycles. The molecule has 1 amide bonds. The first-order valence-electron chi connectivity index (χ1n) is 10.4. The molecule has 0 saturated heterocycles. The van der Waals surface area contributed by atoms with Gasteiger partial charge < -0.3 is 5.32 Å². The Morgan fingerprint density at radius 2 is 1.79 bits per heavy atom. The molecule has 1 aromatic carbocycles. The van der Waals surface area contributed by atoms with Crippen LogP contribution in [0.25, 0.3) is 0 Å². The number of rotatable bonds is 8. The van der Waals surface area contributed by atoms with Crippen LogP contribution in [0.3, 0.4) is 0 Å². The Balaban J connectivity index is 1.36. The molecular formula is C22H30N2O3S. The van der Waals surface area contributed by atoms with Gasteiger partial charge in [-0.25, -0.2) is 13.1 Å². The number of carbonyl (C=O) groups excluding carboxylic acids is 1. The summed E-state index contributed by atoms with van der Waals surface area (Å²) in [5.41, 5.74) is 0.814. The van der Waals surface area contributed by atoms with Gasteiger partial charge in [0.25, 0.3) is 5.91 Å². The number of amides is 1. The fourth-order valence-corrected chi connectivity index (χ4v) is 7.24. The Hall–Kier alpha value is -1.66. The van der Waals surface area contributed by atoms with Gasteiger partial charge in [0.1, 0.15) is 0 Å². The highest BCUT2D eigenvalue weighted by Crippen LogP contribution is 2.61. The topological polar surface area (TPSA) is 75.3 Å². The molecule has 0 radical (unpaired) electrons. The molecule has 5 nitrogen and oxygen atoms in total. The first-order valence-corrected chi connectivity index (χ1v) is 11.9. The molecule has 28 heavy (non-hydrogen) atoms. The lowest BCUT2D eigenvalue weighted by atomic mass is 9.49. The minimum atomic E-state index is -3.63. The molecule has 1 aromatic rings. The highest BCUT2D eigenvalue weighted by Gasteiger charge is 2.50. The largest absolute Gasteiger partial charge is 0.352 e. The van der Waals surface area contributed by atoms with E-state index in [2.05, 4.69) is 16.6 Å². The second-order valence-corrected chi connectivity index (χ2v) is 10.9. The van der Waals surface area contributed by atoms with Crippen molar-refractivity contribution in [3.8, 4) is 0 Å². The molecule has 0 aromatic heterocycles. The number of carbonyl (C=O) groups is 1. The number of benzene rings is 1. The third-order valence-corrected chi connectivity index (χ3v) is 8.35. The normalized spacial score (nSPS) is 30.9. The van der Waals surface area contributed by atoms with Gasteiger partial charge in [0.15, 0.2) is 0 Å². The highest BCUT2D eigenvalue weighted by atomic mass is 32.2. The third-order valence-electron chi connectivity index (χ3n) is 6.93. The standard InChI is InChI=1S/C22H30N2O3S/c1-2-7-24-28(26,27)20-5-3-4-19(12-20)21(25)23-8-6-22-13-16-9-17(14-22)11-18(10-16)15-22/h2-5,12,16-18,24H,1,6-11,13-15H2,(H,23,25). The van der Waals surface area contributed by atoms with Crippen molar-refractivity contribution in [1.82, 2.24) is 10.0 Å². The summed E-state index contributed by atoms with van der Waals surface area (Å²) >= 11 is 0. The van der Waals surface area contributed by atoms with E-state index in [1.807, 2.05) is 0 Å². The lowest BCUT2D eigenvalue weighted by molar-refractivity contribution is -0.0564.